The fourth-order valence-corrected chi connectivity index (χ4v) is 2.21. The van der Waals surface area contributed by atoms with Crippen LogP contribution in [0.4, 0.5) is 0 Å². The molecule has 22 heavy (non-hydrogen) atoms. The van der Waals surface area contributed by atoms with E-state index in [1.54, 1.807) is 24.3 Å². The van der Waals surface area contributed by atoms with Crippen LogP contribution in [0.2, 0.25) is 5.02 Å². The SMILES string of the molecule is NC(=O)[C@@H](CCc1ccccc1)NC(=O)c1ccc(Cl)cc1. The summed E-state index contributed by atoms with van der Waals surface area (Å²) in [5, 5.41) is 3.21. The van der Waals surface area contributed by atoms with Crippen molar-refractivity contribution in [3.63, 3.8) is 0 Å². The number of carbonyl (C=O) groups excluding carboxylic acids is 2. The standard InChI is InChI=1S/C17H17ClN2O2/c18-14-9-7-13(8-10-14)17(22)20-15(16(19)21)11-6-12-4-2-1-3-5-12/h1-5,7-10,15H,6,11H2,(H2,19,21)(H,20,22)/t15-/m1/s1. The molecule has 0 bridgehead atoms. The Morgan fingerprint density at radius 2 is 1.68 bits per heavy atom. The van der Waals surface area contributed by atoms with Crippen LogP contribution in [0, 0.1) is 0 Å². The maximum absolute atomic E-state index is 12.1. The first-order valence-corrected chi connectivity index (χ1v) is 7.34. The molecule has 0 aliphatic rings. The molecule has 2 aromatic carbocycles. The lowest BCUT2D eigenvalue weighted by Crippen LogP contribution is -2.44. The number of rotatable bonds is 6. The number of amides is 2. The van der Waals surface area contributed by atoms with E-state index in [1.165, 1.54) is 0 Å². The third-order valence-electron chi connectivity index (χ3n) is 3.32. The van der Waals surface area contributed by atoms with Crippen molar-refractivity contribution >= 4 is 23.4 Å². The molecule has 0 aliphatic carbocycles. The monoisotopic (exact) mass is 316 g/mol. The molecule has 0 aromatic heterocycles. The molecule has 0 unspecified atom stereocenters. The van der Waals surface area contributed by atoms with Gasteiger partial charge < -0.3 is 11.1 Å². The molecule has 114 valence electrons. The van der Waals surface area contributed by atoms with Gasteiger partial charge in [-0.25, -0.2) is 0 Å². The van der Waals surface area contributed by atoms with Crippen molar-refractivity contribution in [2.75, 3.05) is 0 Å². The van der Waals surface area contributed by atoms with Gasteiger partial charge in [-0.2, -0.15) is 0 Å². The highest BCUT2D eigenvalue weighted by atomic mass is 35.5. The van der Waals surface area contributed by atoms with E-state index in [4.69, 9.17) is 17.3 Å². The first-order valence-electron chi connectivity index (χ1n) is 6.96. The van der Waals surface area contributed by atoms with Crippen LogP contribution in [0.25, 0.3) is 0 Å². The molecule has 2 aromatic rings. The molecule has 0 spiro atoms. The minimum Gasteiger partial charge on any atom is -0.368 e. The summed E-state index contributed by atoms with van der Waals surface area (Å²) < 4.78 is 0. The molecule has 0 saturated carbocycles. The fraction of sp³-hybridized carbons (Fsp3) is 0.176. The van der Waals surface area contributed by atoms with E-state index in [-0.39, 0.29) is 5.91 Å². The molecule has 2 amide bonds. The Labute approximate surface area is 134 Å². The Balaban J connectivity index is 1.98. The number of benzene rings is 2. The minimum absolute atomic E-state index is 0.339. The van der Waals surface area contributed by atoms with E-state index < -0.39 is 11.9 Å². The third-order valence-corrected chi connectivity index (χ3v) is 3.57. The number of primary amides is 1. The maximum Gasteiger partial charge on any atom is 0.251 e. The first-order chi connectivity index (χ1) is 10.6. The van der Waals surface area contributed by atoms with Crippen LogP contribution in [0.15, 0.2) is 54.6 Å². The summed E-state index contributed by atoms with van der Waals surface area (Å²) >= 11 is 5.78. The van der Waals surface area contributed by atoms with Crippen LogP contribution >= 0.6 is 11.6 Å². The number of aryl methyl sites for hydroxylation is 1. The summed E-state index contributed by atoms with van der Waals surface area (Å²) in [4.78, 5) is 23.6. The zero-order valence-corrected chi connectivity index (χ0v) is 12.7. The number of nitrogens with two attached hydrogens (primary N) is 1. The predicted molar refractivity (Wildman–Crippen MR) is 86.7 cm³/mol. The van der Waals surface area contributed by atoms with E-state index >= 15 is 0 Å². The van der Waals surface area contributed by atoms with Crippen molar-refractivity contribution in [3.8, 4) is 0 Å². The molecule has 1 atom stereocenters. The second-order valence-corrected chi connectivity index (χ2v) is 5.40. The van der Waals surface area contributed by atoms with Gasteiger partial charge >= 0.3 is 0 Å². The van der Waals surface area contributed by atoms with Gasteiger partial charge in [0.05, 0.1) is 0 Å². The number of hydrogen-bond donors (Lipinski definition) is 2. The van der Waals surface area contributed by atoms with Gasteiger partial charge in [-0.1, -0.05) is 41.9 Å². The molecule has 0 radical (unpaired) electrons. The van der Waals surface area contributed by atoms with Crippen molar-refractivity contribution in [3.05, 3.63) is 70.7 Å². The quantitative estimate of drug-likeness (QED) is 0.859. The Hall–Kier alpha value is -2.33. The number of halogens is 1. The van der Waals surface area contributed by atoms with E-state index in [0.717, 1.165) is 5.56 Å². The van der Waals surface area contributed by atoms with Crippen molar-refractivity contribution in [2.24, 2.45) is 5.73 Å². The highest BCUT2D eigenvalue weighted by Gasteiger charge is 2.18. The van der Waals surface area contributed by atoms with Crippen LogP contribution in [-0.2, 0) is 11.2 Å². The number of nitrogens with one attached hydrogen (secondary N) is 1. The molecule has 0 heterocycles. The normalized spacial score (nSPS) is 11.7. The van der Waals surface area contributed by atoms with Gasteiger partial charge in [0.15, 0.2) is 0 Å². The third kappa shape index (κ3) is 4.60. The minimum atomic E-state index is -0.705. The van der Waals surface area contributed by atoms with Crippen molar-refractivity contribution < 1.29 is 9.59 Å². The van der Waals surface area contributed by atoms with E-state index in [9.17, 15) is 9.59 Å². The zero-order chi connectivity index (χ0) is 15.9. The lowest BCUT2D eigenvalue weighted by Gasteiger charge is -2.15. The number of carbonyl (C=O) groups is 2. The topological polar surface area (TPSA) is 72.2 Å². The summed E-state index contributed by atoms with van der Waals surface area (Å²) in [6, 6.07) is 15.5. The van der Waals surface area contributed by atoms with Gasteiger partial charge in [-0.05, 0) is 42.7 Å². The average molecular weight is 317 g/mol. The summed E-state index contributed by atoms with van der Waals surface area (Å²) in [5.74, 6) is -0.883. The molecule has 3 N–H and O–H groups in total. The van der Waals surface area contributed by atoms with Gasteiger partial charge in [-0.15, -0.1) is 0 Å². The molecule has 4 nitrogen and oxygen atoms in total. The van der Waals surface area contributed by atoms with Crippen LogP contribution in [0.5, 0.6) is 0 Å². The Morgan fingerprint density at radius 3 is 2.27 bits per heavy atom. The summed E-state index contributed by atoms with van der Waals surface area (Å²) in [7, 11) is 0. The smallest absolute Gasteiger partial charge is 0.251 e. The van der Waals surface area contributed by atoms with Crippen LogP contribution < -0.4 is 11.1 Å². The van der Waals surface area contributed by atoms with Crippen molar-refractivity contribution in [1.82, 2.24) is 5.32 Å². The average Bonchev–Trinajstić information content (AvgIpc) is 2.52. The fourth-order valence-electron chi connectivity index (χ4n) is 2.08. The van der Waals surface area contributed by atoms with Crippen LogP contribution in [0.3, 0.4) is 0 Å². The van der Waals surface area contributed by atoms with E-state index in [2.05, 4.69) is 5.32 Å². The summed E-state index contributed by atoms with van der Waals surface area (Å²) in [5.41, 5.74) is 6.91. The molecule has 0 fully saturated rings. The largest absolute Gasteiger partial charge is 0.368 e. The van der Waals surface area contributed by atoms with Gasteiger partial charge in [0, 0.05) is 10.6 Å². The van der Waals surface area contributed by atoms with Gasteiger partial charge in [-0.3, -0.25) is 9.59 Å². The molecular weight excluding hydrogens is 300 g/mol. The molecule has 0 aliphatic heterocycles. The zero-order valence-electron chi connectivity index (χ0n) is 12.0. The maximum atomic E-state index is 12.1. The molecule has 2 rings (SSSR count). The van der Waals surface area contributed by atoms with Gasteiger partial charge in [0.25, 0.3) is 5.91 Å². The second-order valence-electron chi connectivity index (χ2n) is 4.96. The predicted octanol–water partition coefficient (Wildman–Crippen LogP) is 2.56. The Bertz CT molecular complexity index is 641. The first kappa shape index (κ1) is 16.0. The van der Waals surface area contributed by atoms with Gasteiger partial charge in [0.2, 0.25) is 5.91 Å². The molecule has 5 heteroatoms. The molecular formula is C17H17ClN2O2. The van der Waals surface area contributed by atoms with Crippen LogP contribution in [0.1, 0.15) is 22.3 Å². The van der Waals surface area contributed by atoms with E-state index in [0.29, 0.717) is 23.4 Å². The van der Waals surface area contributed by atoms with Crippen molar-refractivity contribution in [1.29, 1.82) is 0 Å². The molecule has 0 saturated heterocycles. The van der Waals surface area contributed by atoms with Crippen molar-refractivity contribution in [2.45, 2.75) is 18.9 Å². The lowest BCUT2D eigenvalue weighted by molar-refractivity contribution is -0.120. The Kier molecular flexibility index (Phi) is 5.55. The number of hydrogen-bond acceptors (Lipinski definition) is 2. The highest BCUT2D eigenvalue weighted by Crippen LogP contribution is 2.10. The van der Waals surface area contributed by atoms with Gasteiger partial charge in [0.1, 0.15) is 6.04 Å². The summed E-state index contributed by atoms with van der Waals surface area (Å²) in [6.07, 6.45) is 1.12. The lowest BCUT2D eigenvalue weighted by atomic mass is 10.0. The summed E-state index contributed by atoms with van der Waals surface area (Å²) in [6.45, 7) is 0. The highest BCUT2D eigenvalue weighted by molar-refractivity contribution is 6.30. The van der Waals surface area contributed by atoms with E-state index in [1.807, 2.05) is 30.3 Å². The Morgan fingerprint density at radius 1 is 1.05 bits per heavy atom. The second kappa shape index (κ2) is 7.61. The van der Waals surface area contributed by atoms with Crippen LogP contribution in [-0.4, -0.2) is 17.9 Å².